The van der Waals surface area contributed by atoms with E-state index in [4.69, 9.17) is 0 Å². The van der Waals surface area contributed by atoms with E-state index in [1.54, 1.807) is 23.4 Å². The van der Waals surface area contributed by atoms with Crippen molar-refractivity contribution in [2.24, 2.45) is 0 Å². The highest BCUT2D eigenvalue weighted by Gasteiger charge is 2.08. The molecule has 2 aromatic rings. The Balaban J connectivity index is 1.65. The molecule has 106 valence electrons. The molecule has 20 heavy (non-hydrogen) atoms. The standard InChI is InChI=1S/C13H18N6O/c1-11(12-3-6-14-7-4-12)18-13(20)16-5-2-8-19-10-15-9-17-19/h3-4,6-7,9-11H,2,5,8H2,1H3,(H2,16,18,20)/t11-/m0/s1. The van der Waals surface area contributed by atoms with Gasteiger partial charge in [-0.15, -0.1) is 0 Å². The Morgan fingerprint density at radius 1 is 1.35 bits per heavy atom. The number of pyridine rings is 1. The number of aryl methyl sites for hydroxylation is 1. The summed E-state index contributed by atoms with van der Waals surface area (Å²) in [6, 6.07) is 3.55. The SMILES string of the molecule is C[C@H](NC(=O)NCCCn1cncn1)c1ccncc1. The van der Waals surface area contributed by atoms with Gasteiger partial charge < -0.3 is 10.6 Å². The predicted molar refractivity (Wildman–Crippen MR) is 73.8 cm³/mol. The van der Waals surface area contributed by atoms with Gasteiger partial charge >= 0.3 is 6.03 Å². The summed E-state index contributed by atoms with van der Waals surface area (Å²) in [6.45, 7) is 3.26. The summed E-state index contributed by atoms with van der Waals surface area (Å²) in [5.41, 5.74) is 1.03. The van der Waals surface area contributed by atoms with Crippen LogP contribution in [-0.2, 0) is 6.54 Å². The van der Waals surface area contributed by atoms with Crippen molar-refractivity contribution in [3.63, 3.8) is 0 Å². The number of hydrogen-bond acceptors (Lipinski definition) is 4. The van der Waals surface area contributed by atoms with Crippen LogP contribution in [0, 0.1) is 0 Å². The van der Waals surface area contributed by atoms with Gasteiger partial charge in [-0.05, 0) is 31.0 Å². The van der Waals surface area contributed by atoms with Crippen LogP contribution < -0.4 is 10.6 Å². The molecule has 0 aliphatic rings. The van der Waals surface area contributed by atoms with Crippen LogP contribution >= 0.6 is 0 Å². The Hall–Kier alpha value is -2.44. The highest BCUT2D eigenvalue weighted by Crippen LogP contribution is 2.09. The quantitative estimate of drug-likeness (QED) is 0.773. The summed E-state index contributed by atoms with van der Waals surface area (Å²) in [4.78, 5) is 19.5. The van der Waals surface area contributed by atoms with Gasteiger partial charge in [0, 0.05) is 25.5 Å². The van der Waals surface area contributed by atoms with E-state index in [-0.39, 0.29) is 12.1 Å². The van der Waals surface area contributed by atoms with Gasteiger partial charge in [0.15, 0.2) is 0 Å². The monoisotopic (exact) mass is 274 g/mol. The van der Waals surface area contributed by atoms with Gasteiger partial charge in [0.25, 0.3) is 0 Å². The van der Waals surface area contributed by atoms with Gasteiger partial charge in [0.1, 0.15) is 12.7 Å². The third-order valence-electron chi connectivity index (χ3n) is 2.87. The zero-order chi connectivity index (χ0) is 14.2. The van der Waals surface area contributed by atoms with Crippen LogP contribution in [0.1, 0.15) is 24.9 Å². The Kier molecular flexibility index (Phi) is 5.05. The Labute approximate surface area is 117 Å². The van der Waals surface area contributed by atoms with E-state index >= 15 is 0 Å². The second kappa shape index (κ2) is 7.22. The lowest BCUT2D eigenvalue weighted by Crippen LogP contribution is -2.37. The maximum Gasteiger partial charge on any atom is 0.315 e. The van der Waals surface area contributed by atoms with Crippen molar-refractivity contribution < 1.29 is 4.79 Å². The fraction of sp³-hybridized carbons (Fsp3) is 0.385. The minimum Gasteiger partial charge on any atom is -0.338 e. The molecule has 0 fully saturated rings. The number of carbonyl (C=O) groups excluding carboxylic acids is 1. The molecule has 0 unspecified atom stereocenters. The summed E-state index contributed by atoms with van der Waals surface area (Å²) in [5, 5.41) is 9.69. The highest BCUT2D eigenvalue weighted by atomic mass is 16.2. The zero-order valence-electron chi connectivity index (χ0n) is 11.4. The third-order valence-corrected chi connectivity index (χ3v) is 2.87. The Bertz CT molecular complexity index is 513. The topological polar surface area (TPSA) is 84.7 Å². The van der Waals surface area contributed by atoms with Gasteiger partial charge in [-0.25, -0.2) is 9.78 Å². The van der Waals surface area contributed by atoms with E-state index in [0.717, 1.165) is 18.5 Å². The molecule has 0 aromatic carbocycles. The lowest BCUT2D eigenvalue weighted by Gasteiger charge is -2.14. The molecule has 7 heteroatoms. The van der Waals surface area contributed by atoms with Crippen molar-refractivity contribution in [2.75, 3.05) is 6.54 Å². The van der Waals surface area contributed by atoms with Gasteiger partial charge in [0.05, 0.1) is 6.04 Å². The first-order valence-corrected chi connectivity index (χ1v) is 6.52. The maximum absolute atomic E-state index is 11.7. The predicted octanol–water partition coefficient (Wildman–Crippen LogP) is 1.12. The van der Waals surface area contributed by atoms with Crippen molar-refractivity contribution in [3.8, 4) is 0 Å². The summed E-state index contributed by atoms with van der Waals surface area (Å²) in [5.74, 6) is 0. The Morgan fingerprint density at radius 2 is 2.15 bits per heavy atom. The van der Waals surface area contributed by atoms with Crippen LogP contribution in [0.15, 0.2) is 37.2 Å². The fourth-order valence-corrected chi connectivity index (χ4v) is 1.77. The molecule has 7 nitrogen and oxygen atoms in total. The lowest BCUT2D eigenvalue weighted by atomic mass is 10.1. The normalized spacial score (nSPS) is 11.8. The van der Waals surface area contributed by atoms with Crippen LogP contribution in [0.4, 0.5) is 4.79 Å². The summed E-state index contributed by atoms with van der Waals surface area (Å²) >= 11 is 0. The molecule has 0 saturated heterocycles. The van der Waals surface area contributed by atoms with E-state index in [2.05, 4.69) is 25.7 Å². The molecule has 0 radical (unpaired) electrons. The van der Waals surface area contributed by atoms with Gasteiger partial charge in [0.2, 0.25) is 0 Å². The minimum absolute atomic E-state index is 0.0479. The van der Waals surface area contributed by atoms with Crippen LogP contribution in [0.2, 0.25) is 0 Å². The van der Waals surface area contributed by atoms with Crippen molar-refractivity contribution in [2.45, 2.75) is 25.9 Å². The van der Waals surface area contributed by atoms with E-state index in [1.165, 1.54) is 6.33 Å². The lowest BCUT2D eigenvalue weighted by molar-refractivity contribution is 0.237. The number of nitrogens with one attached hydrogen (secondary N) is 2. The number of carbonyl (C=O) groups is 1. The molecule has 0 saturated carbocycles. The summed E-state index contributed by atoms with van der Waals surface area (Å²) in [6.07, 6.45) is 7.38. The average molecular weight is 274 g/mol. The number of nitrogens with zero attached hydrogens (tertiary/aromatic N) is 4. The first-order valence-electron chi connectivity index (χ1n) is 6.52. The molecule has 1 atom stereocenters. The summed E-state index contributed by atoms with van der Waals surface area (Å²) in [7, 11) is 0. The van der Waals surface area contributed by atoms with Crippen LogP contribution in [0.25, 0.3) is 0 Å². The van der Waals surface area contributed by atoms with E-state index in [1.807, 2.05) is 19.1 Å². The van der Waals surface area contributed by atoms with E-state index < -0.39 is 0 Å². The van der Waals surface area contributed by atoms with Crippen LogP contribution in [0.5, 0.6) is 0 Å². The molecule has 0 spiro atoms. The van der Waals surface area contributed by atoms with Gasteiger partial charge in [-0.1, -0.05) is 0 Å². The minimum atomic E-state index is -0.173. The molecule has 2 rings (SSSR count). The van der Waals surface area contributed by atoms with Crippen molar-refractivity contribution in [1.29, 1.82) is 0 Å². The molecule has 0 aliphatic heterocycles. The number of amides is 2. The maximum atomic E-state index is 11.7. The molecule has 2 amide bonds. The molecular weight excluding hydrogens is 256 g/mol. The Morgan fingerprint density at radius 3 is 2.85 bits per heavy atom. The zero-order valence-corrected chi connectivity index (χ0v) is 11.4. The van der Waals surface area contributed by atoms with Crippen molar-refractivity contribution in [1.82, 2.24) is 30.4 Å². The molecule has 2 heterocycles. The molecule has 2 aromatic heterocycles. The number of urea groups is 1. The van der Waals surface area contributed by atoms with Crippen LogP contribution in [-0.4, -0.2) is 32.3 Å². The second-order valence-corrected chi connectivity index (χ2v) is 4.41. The van der Waals surface area contributed by atoms with Crippen LogP contribution in [0.3, 0.4) is 0 Å². The first-order chi connectivity index (χ1) is 9.75. The largest absolute Gasteiger partial charge is 0.338 e. The molecule has 0 bridgehead atoms. The van der Waals surface area contributed by atoms with Crippen molar-refractivity contribution >= 4 is 6.03 Å². The van der Waals surface area contributed by atoms with E-state index in [0.29, 0.717) is 6.54 Å². The summed E-state index contributed by atoms with van der Waals surface area (Å²) < 4.78 is 1.74. The average Bonchev–Trinajstić information content (AvgIpc) is 2.98. The van der Waals surface area contributed by atoms with Crippen molar-refractivity contribution in [3.05, 3.63) is 42.7 Å². The highest BCUT2D eigenvalue weighted by molar-refractivity contribution is 5.74. The van der Waals surface area contributed by atoms with Gasteiger partial charge in [-0.2, -0.15) is 5.10 Å². The number of hydrogen-bond donors (Lipinski definition) is 2. The molecule has 0 aliphatic carbocycles. The first kappa shape index (κ1) is 14.0. The third kappa shape index (κ3) is 4.34. The fourth-order valence-electron chi connectivity index (χ4n) is 1.77. The van der Waals surface area contributed by atoms with E-state index in [9.17, 15) is 4.79 Å². The number of rotatable bonds is 6. The smallest absolute Gasteiger partial charge is 0.315 e. The molecule has 2 N–H and O–H groups in total. The number of aromatic nitrogens is 4. The molecular formula is C13H18N6O. The van der Waals surface area contributed by atoms with Gasteiger partial charge in [-0.3, -0.25) is 9.67 Å². The second-order valence-electron chi connectivity index (χ2n) is 4.41.